The lowest BCUT2D eigenvalue weighted by atomic mass is 10.3. The van der Waals surface area contributed by atoms with Crippen molar-refractivity contribution in [2.45, 2.75) is 13.8 Å². The molecule has 0 bridgehead atoms. The minimum atomic E-state index is -0.629. The number of esters is 2. The molecule has 0 spiro atoms. The molecule has 20 heavy (non-hydrogen) atoms. The molecule has 1 N–H and O–H groups in total. The molecule has 0 unspecified atom stereocenters. The standard InChI is InChI=1S/C14H16ClNO4/c1-3-19-13(17)9-12(14(18)20-4-2)16-11-7-5-10(15)6-8-11/h5-9,16H,3-4H2,1-2H3/b12-9-. The predicted octanol–water partition coefficient (Wildman–Crippen LogP) is 2.76. The van der Waals surface area contributed by atoms with Crippen LogP contribution in [0.5, 0.6) is 0 Å². The van der Waals surface area contributed by atoms with Crippen LogP contribution in [0.1, 0.15) is 13.8 Å². The molecule has 0 saturated heterocycles. The Morgan fingerprint density at radius 3 is 2.30 bits per heavy atom. The smallest absolute Gasteiger partial charge is 0.355 e. The Hall–Kier alpha value is -2.01. The molecule has 0 fully saturated rings. The van der Waals surface area contributed by atoms with Gasteiger partial charge >= 0.3 is 11.9 Å². The van der Waals surface area contributed by atoms with Crippen LogP contribution in [0.3, 0.4) is 0 Å². The zero-order valence-corrected chi connectivity index (χ0v) is 12.1. The average molecular weight is 298 g/mol. The van der Waals surface area contributed by atoms with Crippen molar-refractivity contribution < 1.29 is 19.1 Å². The molecule has 0 heterocycles. The molecule has 0 aromatic heterocycles. The van der Waals surface area contributed by atoms with Crippen LogP contribution >= 0.6 is 11.6 Å². The van der Waals surface area contributed by atoms with Crippen molar-refractivity contribution in [1.82, 2.24) is 0 Å². The maximum Gasteiger partial charge on any atom is 0.355 e. The normalized spacial score (nSPS) is 10.8. The highest BCUT2D eigenvalue weighted by Gasteiger charge is 2.13. The molecule has 108 valence electrons. The van der Waals surface area contributed by atoms with E-state index in [0.717, 1.165) is 6.08 Å². The van der Waals surface area contributed by atoms with E-state index in [0.29, 0.717) is 10.7 Å². The molecule has 6 heteroatoms. The van der Waals surface area contributed by atoms with Gasteiger partial charge < -0.3 is 14.8 Å². The van der Waals surface area contributed by atoms with Gasteiger partial charge in [-0.1, -0.05) is 11.6 Å². The second kappa shape index (κ2) is 8.22. The third-order valence-corrected chi connectivity index (χ3v) is 2.42. The summed E-state index contributed by atoms with van der Waals surface area (Å²) in [7, 11) is 0. The summed E-state index contributed by atoms with van der Waals surface area (Å²) in [5.41, 5.74) is 0.616. The number of carbonyl (C=O) groups is 2. The van der Waals surface area contributed by atoms with Crippen LogP contribution < -0.4 is 5.32 Å². The molecule has 0 atom stereocenters. The van der Waals surface area contributed by atoms with Gasteiger partial charge in [0.2, 0.25) is 0 Å². The summed E-state index contributed by atoms with van der Waals surface area (Å²) in [6.45, 7) is 3.80. The highest BCUT2D eigenvalue weighted by atomic mass is 35.5. The van der Waals surface area contributed by atoms with E-state index in [-0.39, 0.29) is 18.9 Å². The van der Waals surface area contributed by atoms with Crippen LogP contribution in [-0.2, 0) is 19.1 Å². The number of carbonyl (C=O) groups excluding carboxylic acids is 2. The van der Waals surface area contributed by atoms with Crippen LogP contribution in [0.25, 0.3) is 0 Å². The molecule has 0 saturated carbocycles. The Morgan fingerprint density at radius 2 is 1.75 bits per heavy atom. The molecule has 0 aliphatic rings. The summed E-state index contributed by atoms with van der Waals surface area (Å²) in [4.78, 5) is 23.2. The first-order chi connectivity index (χ1) is 9.56. The van der Waals surface area contributed by atoms with E-state index in [4.69, 9.17) is 21.1 Å². The van der Waals surface area contributed by atoms with Gasteiger partial charge in [-0.25, -0.2) is 9.59 Å². The minimum Gasteiger partial charge on any atom is -0.463 e. The van der Waals surface area contributed by atoms with Crippen molar-refractivity contribution in [3.05, 3.63) is 41.1 Å². The van der Waals surface area contributed by atoms with E-state index in [1.54, 1.807) is 38.1 Å². The summed E-state index contributed by atoms with van der Waals surface area (Å²) in [6, 6.07) is 6.69. The number of benzene rings is 1. The molecule has 5 nitrogen and oxygen atoms in total. The summed E-state index contributed by atoms with van der Waals surface area (Å²) >= 11 is 5.78. The lowest BCUT2D eigenvalue weighted by Crippen LogP contribution is -2.17. The highest BCUT2D eigenvalue weighted by molar-refractivity contribution is 6.30. The number of halogens is 1. The van der Waals surface area contributed by atoms with Crippen LogP contribution in [0.15, 0.2) is 36.0 Å². The molecular formula is C14H16ClNO4. The Kier molecular flexibility index (Phi) is 6.59. The Labute approximate surface area is 122 Å². The van der Waals surface area contributed by atoms with E-state index in [2.05, 4.69) is 5.32 Å². The Balaban J connectivity index is 2.89. The third-order valence-electron chi connectivity index (χ3n) is 2.17. The Bertz CT molecular complexity index is 496. The average Bonchev–Trinajstić information content (AvgIpc) is 2.41. The van der Waals surface area contributed by atoms with Gasteiger partial charge in [-0.3, -0.25) is 0 Å². The van der Waals surface area contributed by atoms with Crippen molar-refractivity contribution in [2.75, 3.05) is 18.5 Å². The third kappa shape index (κ3) is 5.32. The second-order valence-electron chi connectivity index (χ2n) is 3.66. The number of anilines is 1. The van der Waals surface area contributed by atoms with Crippen molar-refractivity contribution in [3.63, 3.8) is 0 Å². The molecule has 1 aromatic rings. The van der Waals surface area contributed by atoms with Crippen LogP contribution in [0.2, 0.25) is 5.02 Å². The van der Waals surface area contributed by atoms with Gasteiger partial charge in [0.15, 0.2) is 0 Å². The van der Waals surface area contributed by atoms with Crippen LogP contribution in [0, 0.1) is 0 Å². The summed E-state index contributed by atoms with van der Waals surface area (Å²) in [5, 5.41) is 3.38. The minimum absolute atomic E-state index is 0.00706. The van der Waals surface area contributed by atoms with Gasteiger partial charge in [0.25, 0.3) is 0 Å². The van der Waals surface area contributed by atoms with Crippen molar-refractivity contribution in [1.29, 1.82) is 0 Å². The molecule has 1 rings (SSSR count). The van der Waals surface area contributed by atoms with E-state index in [9.17, 15) is 9.59 Å². The molecule has 0 amide bonds. The zero-order valence-electron chi connectivity index (χ0n) is 11.3. The number of nitrogens with one attached hydrogen (secondary N) is 1. The second-order valence-corrected chi connectivity index (χ2v) is 4.10. The first-order valence-corrected chi connectivity index (χ1v) is 6.52. The van der Waals surface area contributed by atoms with E-state index < -0.39 is 11.9 Å². The van der Waals surface area contributed by atoms with Crippen molar-refractivity contribution >= 4 is 29.2 Å². The van der Waals surface area contributed by atoms with E-state index in [1.807, 2.05) is 0 Å². The van der Waals surface area contributed by atoms with E-state index in [1.165, 1.54) is 0 Å². The number of hydrogen-bond acceptors (Lipinski definition) is 5. The fourth-order valence-corrected chi connectivity index (χ4v) is 1.47. The number of rotatable bonds is 6. The quantitative estimate of drug-likeness (QED) is 0.646. The van der Waals surface area contributed by atoms with Gasteiger partial charge in [-0.05, 0) is 38.1 Å². The van der Waals surface area contributed by atoms with Crippen LogP contribution in [0.4, 0.5) is 5.69 Å². The van der Waals surface area contributed by atoms with Gasteiger partial charge in [0, 0.05) is 10.7 Å². The Morgan fingerprint density at radius 1 is 1.15 bits per heavy atom. The summed E-state index contributed by atoms with van der Waals surface area (Å²) in [5.74, 6) is -1.24. The summed E-state index contributed by atoms with van der Waals surface area (Å²) in [6.07, 6.45) is 1.07. The summed E-state index contributed by atoms with van der Waals surface area (Å²) < 4.78 is 9.65. The van der Waals surface area contributed by atoms with Gasteiger partial charge in [-0.15, -0.1) is 0 Å². The largest absolute Gasteiger partial charge is 0.463 e. The number of hydrogen-bond donors (Lipinski definition) is 1. The lowest BCUT2D eigenvalue weighted by molar-refractivity contribution is -0.140. The lowest BCUT2D eigenvalue weighted by Gasteiger charge is -2.10. The van der Waals surface area contributed by atoms with Crippen LogP contribution in [-0.4, -0.2) is 25.2 Å². The van der Waals surface area contributed by atoms with Crippen molar-refractivity contribution in [2.24, 2.45) is 0 Å². The number of ether oxygens (including phenoxy) is 2. The maximum atomic E-state index is 11.8. The fraction of sp³-hybridized carbons (Fsp3) is 0.286. The monoisotopic (exact) mass is 297 g/mol. The first-order valence-electron chi connectivity index (χ1n) is 6.15. The van der Waals surface area contributed by atoms with E-state index >= 15 is 0 Å². The maximum absolute atomic E-state index is 11.8. The predicted molar refractivity (Wildman–Crippen MR) is 76.4 cm³/mol. The topological polar surface area (TPSA) is 64.6 Å². The van der Waals surface area contributed by atoms with Gasteiger partial charge in [0.05, 0.1) is 19.3 Å². The van der Waals surface area contributed by atoms with Crippen molar-refractivity contribution in [3.8, 4) is 0 Å². The molecule has 0 aliphatic carbocycles. The molecule has 0 aliphatic heterocycles. The fourth-order valence-electron chi connectivity index (χ4n) is 1.35. The molecule has 1 aromatic carbocycles. The zero-order chi connectivity index (χ0) is 15.0. The first kappa shape index (κ1) is 16.0. The van der Waals surface area contributed by atoms with Gasteiger partial charge in [-0.2, -0.15) is 0 Å². The van der Waals surface area contributed by atoms with Gasteiger partial charge in [0.1, 0.15) is 5.70 Å². The highest BCUT2D eigenvalue weighted by Crippen LogP contribution is 2.15. The SMILES string of the molecule is CCOC(=O)/C=C(\Nc1ccc(Cl)cc1)C(=O)OCC. The molecule has 0 radical (unpaired) electrons. The molecular weight excluding hydrogens is 282 g/mol.